The molecule has 2 rings (SSSR count). The molecule has 6 heteroatoms. The second-order valence-corrected chi connectivity index (χ2v) is 4.71. The van der Waals surface area contributed by atoms with E-state index in [-0.39, 0.29) is 0 Å². The summed E-state index contributed by atoms with van der Waals surface area (Å²) in [6.45, 7) is 0. The first kappa shape index (κ1) is 12.4. The molecule has 0 saturated carbocycles. The zero-order chi connectivity index (χ0) is 12.6. The highest BCUT2D eigenvalue weighted by atomic mass is 127. The molecule has 0 radical (unpaired) electrons. The molecule has 1 aromatic heterocycles. The first-order valence-electron chi connectivity index (χ1n) is 4.77. The van der Waals surface area contributed by atoms with Gasteiger partial charge in [0.05, 0.1) is 5.52 Å². The van der Waals surface area contributed by atoms with E-state index < -0.39 is 11.9 Å². The Kier molecular flexibility index (Phi) is 3.15. The molecule has 0 atom stereocenters. The molecule has 0 unspecified atom stereocenters. The zero-order valence-corrected chi connectivity index (χ0v) is 10.9. The van der Waals surface area contributed by atoms with E-state index in [0.29, 0.717) is 16.6 Å². The van der Waals surface area contributed by atoms with Gasteiger partial charge in [0.15, 0.2) is 0 Å². The second kappa shape index (κ2) is 4.32. The molecule has 0 bridgehead atoms. The maximum atomic E-state index is 12.6. The van der Waals surface area contributed by atoms with Gasteiger partial charge in [0.2, 0.25) is 0 Å². The first-order valence-corrected chi connectivity index (χ1v) is 5.85. The highest BCUT2D eigenvalue weighted by Crippen LogP contribution is 2.33. The molecule has 17 heavy (non-hydrogen) atoms. The Bertz CT molecular complexity index is 566. The summed E-state index contributed by atoms with van der Waals surface area (Å²) in [5, 5.41) is 3.45. The van der Waals surface area contributed by atoms with Crippen molar-refractivity contribution in [2.24, 2.45) is 0 Å². The van der Waals surface area contributed by atoms with Gasteiger partial charge in [-0.3, -0.25) is 0 Å². The number of pyridine rings is 1. The van der Waals surface area contributed by atoms with Gasteiger partial charge in [-0.1, -0.05) is 0 Å². The Hall–Kier alpha value is -1.05. The van der Waals surface area contributed by atoms with Crippen molar-refractivity contribution < 1.29 is 13.2 Å². The fraction of sp³-hybridized carbons (Fsp3) is 0.182. The fourth-order valence-electron chi connectivity index (χ4n) is 1.55. The van der Waals surface area contributed by atoms with Crippen LogP contribution in [0.25, 0.3) is 10.9 Å². The van der Waals surface area contributed by atoms with Gasteiger partial charge in [0.1, 0.15) is 5.69 Å². The summed E-state index contributed by atoms with van der Waals surface area (Å²) in [6, 6.07) is 6.15. The lowest BCUT2D eigenvalue weighted by Crippen LogP contribution is -2.09. The minimum atomic E-state index is -4.43. The number of anilines is 1. The number of halogens is 4. The molecule has 0 aliphatic carbocycles. The summed E-state index contributed by atoms with van der Waals surface area (Å²) >= 11 is 2.11. The predicted octanol–water partition coefficient (Wildman–Crippen LogP) is 3.90. The standard InChI is InChI=1S/C11H8F3IN2/c1-16-9-5-10(11(12,13)14)17-8-3-2-6(15)4-7(8)9/h2-5H,1H3,(H,16,17). The largest absolute Gasteiger partial charge is 0.433 e. The van der Waals surface area contributed by atoms with E-state index in [1.165, 1.54) is 0 Å². The van der Waals surface area contributed by atoms with Gasteiger partial charge in [-0.25, -0.2) is 4.98 Å². The molecule has 0 aliphatic rings. The molecule has 0 amide bonds. The number of alkyl halides is 3. The Morgan fingerprint density at radius 2 is 1.94 bits per heavy atom. The molecule has 0 spiro atoms. The van der Waals surface area contributed by atoms with Crippen LogP contribution in [0.2, 0.25) is 0 Å². The third kappa shape index (κ3) is 2.46. The van der Waals surface area contributed by atoms with Crippen LogP contribution in [0.1, 0.15) is 5.69 Å². The molecular weight excluding hydrogens is 344 g/mol. The molecule has 1 aromatic carbocycles. The van der Waals surface area contributed by atoms with E-state index in [1.807, 2.05) is 0 Å². The third-order valence-corrected chi connectivity index (χ3v) is 3.00. The molecule has 0 saturated heterocycles. The van der Waals surface area contributed by atoms with Crippen molar-refractivity contribution in [3.05, 3.63) is 33.5 Å². The van der Waals surface area contributed by atoms with Gasteiger partial charge in [0.25, 0.3) is 0 Å². The van der Waals surface area contributed by atoms with Crippen LogP contribution in [-0.4, -0.2) is 12.0 Å². The number of nitrogens with one attached hydrogen (secondary N) is 1. The average Bonchev–Trinajstić information content (AvgIpc) is 2.26. The minimum Gasteiger partial charge on any atom is -0.388 e. The number of rotatable bonds is 1. The van der Waals surface area contributed by atoms with E-state index in [1.54, 1.807) is 25.2 Å². The summed E-state index contributed by atoms with van der Waals surface area (Å²) in [6.07, 6.45) is -4.43. The van der Waals surface area contributed by atoms with E-state index in [2.05, 4.69) is 32.9 Å². The number of hydrogen-bond acceptors (Lipinski definition) is 2. The first-order chi connectivity index (χ1) is 7.91. The lowest BCUT2D eigenvalue weighted by atomic mass is 10.1. The zero-order valence-electron chi connectivity index (χ0n) is 8.77. The van der Waals surface area contributed by atoms with Crippen molar-refractivity contribution in [1.82, 2.24) is 4.98 Å². The summed E-state index contributed by atoms with van der Waals surface area (Å²) in [7, 11) is 1.59. The number of hydrogen-bond donors (Lipinski definition) is 1. The summed E-state index contributed by atoms with van der Waals surface area (Å²) in [5.74, 6) is 0. The highest BCUT2D eigenvalue weighted by Gasteiger charge is 2.33. The molecule has 0 aliphatic heterocycles. The van der Waals surface area contributed by atoms with Crippen LogP contribution in [0.3, 0.4) is 0 Å². The Morgan fingerprint density at radius 1 is 1.24 bits per heavy atom. The number of nitrogens with zero attached hydrogens (tertiary/aromatic N) is 1. The Labute approximate surface area is 109 Å². The van der Waals surface area contributed by atoms with Crippen molar-refractivity contribution in [3.8, 4) is 0 Å². The normalized spacial score (nSPS) is 11.8. The summed E-state index contributed by atoms with van der Waals surface area (Å²) in [4.78, 5) is 3.63. The molecule has 0 fully saturated rings. The maximum absolute atomic E-state index is 12.6. The Morgan fingerprint density at radius 3 is 2.53 bits per heavy atom. The number of benzene rings is 1. The van der Waals surface area contributed by atoms with E-state index >= 15 is 0 Å². The van der Waals surface area contributed by atoms with Gasteiger partial charge in [-0.05, 0) is 46.9 Å². The molecular formula is C11H8F3IN2. The summed E-state index contributed by atoms with van der Waals surface area (Å²) in [5.41, 5.74) is -0.110. The lowest BCUT2D eigenvalue weighted by Gasteiger charge is -2.11. The van der Waals surface area contributed by atoms with Gasteiger partial charge in [-0.15, -0.1) is 0 Å². The summed E-state index contributed by atoms with van der Waals surface area (Å²) < 4.78 is 38.8. The molecule has 2 aromatic rings. The van der Waals surface area contributed by atoms with Crippen molar-refractivity contribution >= 4 is 39.2 Å². The van der Waals surface area contributed by atoms with Gasteiger partial charge in [-0.2, -0.15) is 13.2 Å². The van der Waals surface area contributed by atoms with Crippen LogP contribution in [0.5, 0.6) is 0 Å². The van der Waals surface area contributed by atoms with E-state index in [9.17, 15) is 13.2 Å². The van der Waals surface area contributed by atoms with Crippen molar-refractivity contribution in [1.29, 1.82) is 0 Å². The molecule has 2 nitrogen and oxygen atoms in total. The van der Waals surface area contributed by atoms with Crippen molar-refractivity contribution in [2.75, 3.05) is 12.4 Å². The van der Waals surface area contributed by atoms with Crippen molar-refractivity contribution in [3.63, 3.8) is 0 Å². The topological polar surface area (TPSA) is 24.9 Å². The minimum absolute atomic E-state index is 0.338. The van der Waals surface area contributed by atoms with Crippen molar-refractivity contribution in [2.45, 2.75) is 6.18 Å². The van der Waals surface area contributed by atoms with E-state index in [0.717, 1.165) is 9.64 Å². The van der Waals surface area contributed by atoms with Crippen LogP contribution in [0.4, 0.5) is 18.9 Å². The Balaban J connectivity index is 2.75. The second-order valence-electron chi connectivity index (χ2n) is 3.46. The van der Waals surface area contributed by atoms with Crippen LogP contribution in [0, 0.1) is 3.57 Å². The van der Waals surface area contributed by atoms with Gasteiger partial charge >= 0.3 is 6.18 Å². The quantitative estimate of drug-likeness (QED) is 0.788. The number of fused-ring (bicyclic) bond motifs is 1. The highest BCUT2D eigenvalue weighted by molar-refractivity contribution is 14.1. The van der Waals surface area contributed by atoms with Gasteiger partial charge in [0, 0.05) is 21.7 Å². The maximum Gasteiger partial charge on any atom is 0.433 e. The van der Waals surface area contributed by atoms with Crippen LogP contribution in [-0.2, 0) is 6.18 Å². The van der Waals surface area contributed by atoms with Crippen LogP contribution < -0.4 is 5.32 Å². The fourth-order valence-corrected chi connectivity index (χ4v) is 2.04. The average molecular weight is 352 g/mol. The van der Waals surface area contributed by atoms with Crippen LogP contribution >= 0.6 is 22.6 Å². The SMILES string of the molecule is CNc1cc(C(F)(F)F)nc2ccc(I)cc12. The molecule has 90 valence electrons. The lowest BCUT2D eigenvalue weighted by molar-refractivity contribution is -0.140. The predicted molar refractivity (Wildman–Crippen MR) is 69.0 cm³/mol. The monoisotopic (exact) mass is 352 g/mol. The number of aromatic nitrogens is 1. The van der Waals surface area contributed by atoms with Gasteiger partial charge < -0.3 is 5.32 Å². The van der Waals surface area contributed by atoms with E-state index in [4.69, 9.17) is 0 Å². The smallest absolute Gasteiger partial charge is 0.388 e. The third-order valence-electron chi connectivity index (χ3n) is 2.33. The molecule has 1 heterocycles. The molecule has 1 N–H and O–H groups in total. The van der Waals surface area contributed by atoms with Crippen LogP contribution in [0.15, 0.2) is 24.3 Å².